The van der Waals surface area contributed by atoms with Crippen LogP contribution in [0.2, 0.25) is 0 Å². The molecule has 0 saturated heterocycles. The van der Waals surface area contributed by atoms with Gasteiger partial charge in [0.2, 0.25) is 0 Å². The van der Waals surface area contributed by atoms with Crippen LogP contribution in [-0.2, 0) is 9.53 Å². The van der Waals surface area contributed by atoms with Crippen LogP contribution in [0.1, 0.15) is 40.0 Å². The van der Waals surface area contributed by atoms with Gasteiger partial charge in [-0.2, -0.15) is 0 Å². The monoisotopic (exact) mass is 231 g/mol. The Morgan fingerprint density at radius 2 is 2.00 bits per heavy atom. The molecule has 0 heterocycles. The predicted octanol–water partition coefficient (Wildman–Crippen LogP) is 2.01. The Morgan fingerprint density at radius 1 is 1.38 bits per heavy atom. The Kier molecular flexibility index (Phi) is 7.33. The average molecular weight is 231 g/mol. The summed E-state index contributed by atoms with van der Waals surface area (Å²) in [6, 6.07) is -0.876. The molecule has 0 rings (SSSR count). The number of carbonyl (C=O) groups excluding carboxylic acids is 1. The van der Waals surface area contributed by atoms with E-state index >= 15 is 0 Å². The molecule has 2 N–H and O–H groups in total. The van der Waals surface area contributed by atoms with Crippen molar-refractivity contribution in [3.63, 3.8) is 0 Å². The van der Waals surface area contributed by atoms with Crippen molar-refractivity contribution in [2.24, 2.45) is 5.92 Å². The van der Waals surface area contributed by atoms with Gasteiger partial charge in [0.15, 0.2) is 0 Å². The quantitative estimate of drug-likeness (QED) is 0.657. The van der Waals surface area contributed by atoms with E-state index < -0.39 is 18.1 Å². The number of unbranched alkanes of at least 4 members (excludes halogenated alkanes) is 1. The zero-order valence-corrected chi connectivity index (χ0v) is 10.2. The van der Waals surface area contributed by atoms with E-state index in [9.17, 15) is 9.59 Å². The lowest BCUT2D eigenvalue weighted by molar-refractivity contribution is -0.140. The normalized spacial score (nSPS) is 13.9. The van der Waals surface area contributed by atoms with Gasteiger partial charge in [0, 0.05) is 0 Å². The summed E-state index contributed by atoms with van der Waals surface area (Å²) in [5, 5.41) is 11.3. The minimum atomic E-state index is -1.03. The van der Waals surface area contributed by atoms with Crippen LogP contribution in [0.3, 0.4) is 0 Å². The second kappa shape index (κ2) is 7.96. The van der Waals surface area contributed by atoms with Crippen LogP contribution < -0.4 is 5.32 Å². The molecule has 5 nitrogen and oxygen atoms in total. The highest BCUT2D eigenvalue weighted by Crippen LogP contribution is 2.08. The molecule has 5 heteroatoms. The van der Waals surface area contributed by atoms with E-state index in [1.807, 2.05) is 13.8 Å². The first kappa shape index (κ1) is 14.7. The van der Waals surface area contributed by atoms with Gasteiger partial charge in [0.1, 0.15) is 6.04 Å². The fraction of sp³-hybridized carbons (Fsp3) is 0.818. The van der Waals surface area contributed by atoms with Crippen LogP contribution in [0.5, 0.6) is 0 Å². The Labute approximate surface area is 96.2 Å². The summed E-state index contributed by atoms with van der Waals surface area (Å²) in [6.45, 7) is 5.98. The average Bonchev–Trinajstić information content (AvgIpc) is 2.25. The van der Waals surface area contributed by atoms with Gasteiger partial charge in [0.05, 0.1) is 6.61 Å². The minimum absolute atomic E-state index is 0.115. The summed E-state index contributed by atoms with van der Waals surface area (Å²) < 4.78 is 4.84. The van der Waals surface area contributed by atoms with Crippen LogP contribution in [-0.4, -0.2) is 29.8 Å². The van der Waals surface area contributed by atoms with Gasteiger partial charge in [-0.1, -0.05) is 33.6 Å². The van der Waals surface area contributed by atoms with Crippen LogP contribution in [0, 0.1) is 5.92 Å². The number of alkyl carbamates (subject to hydrolysis) is 1. The van der Waals surface area contributed by atoms with Crippen molar-refractivity contribution in [3.8, 4) is 0 Å². The molecule has 2 atom stereocenters. The molecule has 0 aromatic rings. The molecule has 0 aromatic heterocycles. The zero-order chi connectivity index (χ0) is 12.6. The Bertz CT molecular complexity index is 230. The second-order valence-corrected chi connectivity index (χ2v) is 3.84. The van der Waals surface area contributed by atoms with Crippen molar-refractivity contribution in [2.75, 3.05) is 6.61 Å². The number of rotatable bonds is 7. The molecule has 0 fully saturated rings. The highest BCUT2D eigenvalue weighted by molar-refractivity contribution is 5.80. The summed E-state index contributed by atoms with van der Waals surface area (Å²) in [7, 11) is 0. The van der Waals surface area contributed by atoms with E-state index in [-0.39, 0.29) is 5.92 Å². The molecular weight excluding hydrogens is 210 g/mol. The summed E-state index contributed by atoms with van der Waals surface area (Å²) in [5.74, 6) is -1.14. The van der Waals surface area contributed by atoms with Crippen LogP contribution in [0.25, 0.3) is 0 Å². The largest absolute Gasteiger partial charge is 0.480 e. The third-order valence-electron chi connectivity index (χ3n) is 2.48. The summed E-state index contributed by atoms with van der Waals surface area (Å²) >= 11 is 0. The molecule has 0 saturated carbocycles. The summed E-state index contributed by atoms with van der Waals surface area (Å²) in [4.78, 5) is 22.2. The van der Waals surface area contributed by atoms with Gasteiger partial charge >= 0.3 is 12.1 Å². The lowest BCUT2D eigenvalue weighted by atomic mass is 10.00. The highest BCUT2D eigenvalue weighted by Gasteiger charge is 2.25. The van der Waals surface area contributed by atoms with Crippen LogP contribution >= 0.6 is 0 Å². The Hall–Kier alpha value is -1.26. The third-order valence-corrected chi connectivity index (χ3v) is 2.48. The standard InChI is InChI=1S/C11H21NO4/c1-4-6-7-16-11(15)12-9(10(13)14)8(3)5-2/h8-9H,4-7H2,1-3H3,(H,12,15)(H,13,14)/t8?,9-/m0/s1. The first-order chi connectivity index (χ1) is 7.52. The van der Waals surface area contributed by atoms with Gasteiger partial charge in [-0.05, 0) is 12.3 Å². The fourth-order valence-electron chi connectivity index (χ4n) is 1.16. The second-order valence-electron chi connectivity index (χ2n) is 3.84. The molecular formula is C11H21NO4. The van der Waals surface area contributed by atoms with E-state index in [0.717, 1.165) is 12.8 Å². The smallest absolute Gasteiger partial charge is 0.407 e. The van der Waals surface area contributed by atoms with E-state index in [4.69, 9.17) is 9.84 Å². The number of ether oxygens (including phenoxy) is 1. The summed E-state index contributed by atoms with van der Waals surface area (Å²) in [6.07, 6.45) is 1.75. The lowest BCUT2D eigenvalue weighted by Gasteiger charge is -2.19. The molecule has 0 radical (unpaired) electrons. The molecule has 1 unspecified atom stereocenters. The van der Waals surface area contributed by atoms with Gasteiger partial charge < -0.3 is 15.2 Å². The Balaban J connectivity index is 4.09. The lowest BCUT2D eigenvalue weighted by Crippen LogP contribution is -2.45. The molecule has 94 valence electrons. The molecule has 0 aliphatic heterocycles. The SMILES string of the molecule is CCCCOC(=O)N[C@H](C(=O)O)C(C)CC. The Morgan fingerprint density at radius 3 is 2.44 bits per heavy atom. The van der Waals surface area contributed by atoms with Crippen molar-refractivity contribution >= 4 is 12.1 Å². The number of hydrogen-bond acceptors (Lipinski definition) is 3. The predicted molar refractivity (Wildman–Crippen MR) is 60.3 cm³/mol. The molecule has 0 aromatic carbocycles. The third kappa shape index (κ3) is 5.58. The van der Waals surface area contributed by atoms with Crippen molar-refractivity contribution in [1.82, 2.24) is 5.32 Å². The topological polar surface area (TPSA) is 75.6 Å². The molecule has 0 aliphatic carbocycles. The molecule has 1 amide bonds. The number of aliphatic carboxylic acids is 1. The minimum Gasteiger partial charge on any atom is -0.480 e. The number of carbonyl (C=O) groups is 2. The van der Waals surface area contributed by atoms with Crippen LogP contribution in [0.4, 0.5) is 4.79 Å². The van der Waals surface area contributed by atoms with E-state index in [1.165, 1.54) is 0 Å². The molecule has 16 heavy (non-hydrogen) atoms. The molecule has 0 spiro atoms. The number of carboxylic acid groups (broad SMARTS) is 1. The van der Waals surface area contributed by atoms with Gasteiger partial charge in [-0.15, -0.1) is 0 Å². The maximum atomic E-state index is 11.3. The van der Waals surface area contributed by atoms with Crippen molar-refractivity contribution in [3.05, 3.63) is 0 Å². The van der Waals surface area contributed by atoms with Gasteiger partial charge in [-0.3, -0.25) is 0 Å². The number of carboxylic acids is 1. The highest BCUT2D eigenvalue weighted by atomic mass is 16.5. The first-order valence-electron chi connectivity index (χ1n) is 5.69. The maximum absolute atomic E-state index is 11.3. The van der Waals surface area contributed by atoms with Crippen LogP contribution in [0.15, 0.2) is 0 Å². The van der Waals surface area contributed by atoms with E-state index in [2.05, 4.69) is 5.32 Å². The van der Waals surface area contributed by atoms with Gasteiger partial charge in [0.25, 0.3) is 0 Å². The van der Waals surface area contributed by atoms with E-state index in [0.29, 0.717) is 13.0 Å². The van der Waals surface area contributed by atoms with Crippen molar-refractivity contribution in [2.45, 2.75) is 46.1 Å². The maximum Gasteiger partial charge on any atom is 0.407 e. The van der Waals surface area contributed by atoms with Crippen molar-refractivity contribution in [1.29, 1.82) is 0 Å². The first-order valence-corrected chi connectivity index (χ1v) is 5.69. The number of amides is 1. The number of hydrogen-bond donors (Lipinski definition) is 2. The van der Waals surface area contributed by atoms with Gasteiger partial charge in [-0.25, -0.2) is 9.59 Å². The van der Waals surface area contributed by atoms with E-state index in [1.54, 1.807) is 6.92 Å². The van der Waals surface area contributed by atoms with Crippen molar-refractivity contribution < 1.29 is 19.4 Å². The molecule has 0 bridgehead atoms. The molecule has 0 aliphatic rings. The summed E-state index contributed by atoms with van der Waals surface area (Å²) in [5.41, 5.74) is 0. The fourth-order valence-corrected chi connectivity index (χ4v) is 1.16. The zero-order valence-electron chi connectivity index (χ0n) is 10.2. The number of nitrogens with one attached hydrogen (secondary N) is 1.